The Hall–Kier alpha value is -3.06. The molecule has 3 heterocycles. The van der Waals surface area contributed by atoms with Crippen molar-refractivity contribution in [3.05, 3.63) is 75.9 Å². The number of furan rings is 1. The Morgan fingerprint density at radius 2 is 1.96 bits per heavy atom. The number of nitrogens with zero attached hydrogens (tertiary/aromatic N) is 1. The van der Waals surface area contributed by atoms with Gasteiger partial charge >= 0.3 is 5.97 Å². The van der Waals surface area contributed by atoms with E-state index >= 15 is 0 Å². The van der Waals surface area contributed by atoms with Gasteiger partial charge in [-0.3, -0.25) is 4.79 Å². The van der Waals surface area contributed by atoms with E-state index in [9.17, 15) is 9.59 Å². The normalized spacial score (nSPS) is 13.1. The maximum absolute atomic E-state index is 12.3. The maximum atomic E-state index is 12.3. The topological polar surface area (TPSA) is 69.0 Å². The molecule has 0 saturated carbocycles. The minimum Gasteiger partial charge on any atom is -0.486 e. The summed E-state index contributed by atoms with van der Waals surface area (Å²) >= 11 is 1.71. The monoisotopic (exact) mass is 397 g/mol. The molecule has 2 aromatic heterocycles. The molecule has 1 aliphatic rings. The van der Waals surface area contributed by atoms with E-state index in [1.807, 2.05) is 41.8 Å². The van der Waals surface area contributed by atoms with E-state index in [0.29, 0.717) is 24.6 Å². The van der Waals surface area contributed by atoms with Gasteiger partial charge in [0, 0.05) is 18.0 Å². The Morgan fingerprint density at radius 3 is 2.82 bits per heavy atom. The highest BCUT2D eigenvalue weighted by Gasteiger charge is 2.23. The molecule has 4 rings (SSSR count). The van der Waals surface area contributed by atoms with Gasteiger partial charge < -0.3 is 18.8 Å². The van der Waals surface area contributed by atoms with Crippen LogP contribution in [-0.4, -0.2) is 29.9 Å². The first kappa shape index (κ1) is 18.3. The molecule has 0 bridgehead atoms. The van der Waals surface area contributed by atoms with Gasteiger partial charge in [-0.15, -0.1) is 11.3 Å². The molecule has 1 amide bonds. The number of rotatable bonds is 6. The summed E-state index contributed by atoms with van der Waals surface area (Å²) in [5, 5.41) is 2.04. The standard InChI is InChI=1S/C21H19NO5S/c23-20(22-10-8-19-15(12-22)9-11-28-19)14-26-21(24)18-7-6-17(27-18)13-25-16-4-2-1-3-5-16/h1-7,9,11H,8,10,12-14H2. The molecule has 0 fully saturated rings. The lowest BCUT2D eigenvalue weighted by Gasteiger charge is -2.26. The molecule has 0 aliphatic carbocycles. The van der Waals surface area contributed by atoms with Crippen LogP contribution in [-0.2, 0) is 29.1 Å². The number of carbonyl (C=O) groups is 2. The van der Waals surface area contributed by atoms with Crippen molar-refractivity contribution >= 4 is 23.2 Å². The second-order valence-electron chi connectivity index (χ2n) is 6.38. The zero-order valence-corrected chi connectivity index (χ0v) is 15.9. The highest BCUT2D eigenvalue weighted by Crippen LogP contribution is 2.24. The third-order valence-corrected chi connectivity index (χ3v) is 5.50. The van der Waals surface area contributed by atoms with Crippen molar-refractivity contribution in [2.75, 3.05) is 13.2 Å². The summed E-state index contributed by atoms with van der Waals surface area (Å²) in [5.74, 6) is 0.405. The molecule has 0 unspecified atom stereocenters. The van der Waals surface area contributed by atoms with Crippen LogP contribution in [0.15, 0.2) is 58.3 Å². The number of fused-ring (bicyclic) bond motifs is 1. The molecule has 0 N–H and O–H groups in total. The van der Waals surface area contributed by atoms with Gasteiger partial charge in [-0.1, -0.05) is 18.2 Å². The average Bonchev–Trinajstić information content (AvgIpc) is 3.39. The average molecular weight is 397 g/mol. The fourth-order valence-electron chi connectivity index (χ4n) is 2.99. The maximum Gasteiger partial charge on any atom is 0.374 e. The number of ether oxygens (including phenoxy) is 2. The van der Waals surface area contributed by atoms with Crippen molar-refractivity contribution < 1.29 is 23.5 Å². The number of carbonyl (C=O) groups excluding carboxylic acids is 2. The number of amides is 1. The zero-order valence-electron chi connectivity index (χ0n) is 15.1. The molecule has 144 valence electrons. The Kier molecular flexibility index (Phi) is 5.43. The van der Waals surface area contributed by atoms with Gasteiger partial charge in [0.2, 0.25) is 5.76 Å². The lowest BCUT2D eigenvalue weighted by molar-refractivity contribution is -0.135. The van der Waals surface area contributed by atoms with E-state index in [2.05, 4.69) is 0 Å². The third-order valence-electron chi connectivity index (χ3n) is 4.47. The number of thiophene rings is 1. The lowest BCUT2D eigenvalue weighted by Crippen LogP contribution is -2.38. The summed E-state index contributed by atoms with van der Waals surface area (Å²) < 4.78 is 16.2. The van der Waals surface area contributed by atoms with Crippen molar-refractivity contribution in [1.82, 2.24) is 4.90 Å². The first-order valence-corrected chi connectivity index (χ1v) is 9.84. The molecule has 1 aromatic carbocycles. The summed E-state index contributed by atoms with van der Waals surface area (Å²) in [7, 11) is 0. The first-order valence-electron chi connectivity index (χ1n) is 8.96. The minimum atomic E-state index is -0.660. The highest BCUT2D eigenvalue weighted by atomic mass is 32.1. The van der Waals surface area contributed by atoms with Crippen LogP contribution < -0.4 is 4.74 Å². The van der Waals surface area contributed by atoms with Crippen LogP contribution in [0.5, 0.6) is 5.75 Å². The summed E-state index contributed by atoms with van der Waals surface area (Å²) in [6.45, 7) is 1.12. The summed E-state index contributed by atoms with van der Waals surface area (Å²) in [4.78, 5) is 27.5. The van der Waals surface area contributed by atoms with E-state index in [1.54, 1.807) is 22.3 Å². The number of hydrogen-bond donors (Lipinski definition) is 0. The van der Waals surface area contributed by atoms with Gasteiger partial charge in [0.05, 0.1) is 0 Å². The molecule has 3 aromatic rings. The van der Waals surface area contributed by atoms with Crippen molar-refractivity contribution in [2.45, 2.75) is 19.6 Å². The predicted molar refractivity (Wildman–Crippen MR) is 103 cm³/mol. The molecule has 0 atom stereocenters. The van der Waals surface area contributed by atoms with Crippen LogP contribution in [0.25, 0.3) is 0 Å². The second kappa shape index (κ2) is 8.31. The molecule has 0 radical (unpaired) electrons. The zero-order chi connectivity index (χ0) is 19.3. The molecule has 1 aliphatic heterocycles. The second-order valence-corrected chi connectivity index (χ2v) is 7.38. The van der Waals surface area contributed by atoms with Gasteiger partial charge in [0.1, 0.15) is 18.1 Å². The SMILES string of the molecule is O=C(OCC(=O)N1CCc2sccc2C1)c1ccc(COc2ccccc2)o1. The number of esters is 1. The van der Waals surface area contributed by atoms with Crippen LogP contribution in [0.2, 0.25) is 0 Å². The van der Waals surface area contributed by atoms with Gasteiger partial charge in [-0.25, -0.2) is 4.79 Å². The van der Waals surface area contributed by atoms with E-state index in [0.717, 1.165) is 6.42 Å². The first-order chi connectivity index (χ1) is 13.7. The van der Waals surface area contributed by atoms with Crippen LogP contribution in [0, 0.1) is 0 Å². The summed E-state index contributed by atoms with van der Waals surface area (Å²) in [5.41, 5.74) is 1.17. The molecule has 28 heavy (non-hydrogen) atoms. The van der Waals surface area contributed by atoms with E-state index < -0.39 is 5.97 Å². The van der Waals surface area contributed by atoms with Crippen molar-refractivity contribution in [3.8, 4) is 5.75 Å². The predicted octanol–water partition coefficient (Wildman–Crippen LogP) is 3.66. The van der Waals surface area contributed by atoms with Gasteiger partial charge in [0.25, 0.3) is 5.91 Å². The fourth-order valence-corrected chi connectivity index (χ4v) is 3.88. The summed E-state index contributed by atoms with van der Waals surface area (Å²) in [6, 6.07) is 14.5. The lowest BCUT2D eigenvalue weighted by atomic mass is 10.1. The molecule has 0 saturated heterocycles. The van der Waals surface area contributed by atoms with Crippen molar-refractivity contribution in [1.29, 1.82) is 0 Å². The van der Waals surface area contributed by atoms with Crippen molar-refractivity contribution in [3.63, 3.8) is 0 Å². The summed E-state index contributed by atoms with van der Waals surface area (Å²) in [6.07, 6.45) is 0.843. The Bertz CT molecular complexity index is 962. The quantitative estimate of drug-likeness (QED) is 0.594. The van der Waals surface area contributed by atoms with Gasteiger partial charge in [-0.05, 0) is 47.7 Å². The Balaban J connectivity index is 1.26. The smallest absolute Gasteiger partial charge is 0.374 e. The van der Waals surface area contributed by atoms with E-state index in [1.165, 1.54) is 16.5 Å². The fraction of sp³-hybridized carbons (Fsp3) is 0.238. The van der Waals surface area contributed by atoms with Crippen LogP contribution in [0.3, 0.4) is 0 Å². The third kappa shape index (κ3) is 4.26. The minimum absolute atomic E-state index is 0.0539. The molecule has 7 heteroatoms. The van der Waals surface area contributed by atoms with Gasteiger partial charge in [-0.2, -0.15) is 0 Å². The molecular formula is C21H19NO5S. The van der Waals surface area contributed by atoms with Crippen LogP contribution in [0.1, 0.15) is 26.8 Å². The molecular weight excluding hydrogens is 378 g/mol. The Morgan fingerprint density at radius 1 is 1.11 bits per heavy atom. The van der Waals surface area contributed by atoms with E-state index in [4.69, 9.17) is 13.9 Å². The largest absolute Gasteiger partial charge is 0.486 e. The number of hydrogen-bond acceptors (Lipinski definition) is 6. The number of benzene rings is 1. The van der Waals surface area contributed by atoms with Crippen LogP contribution in [0.4, 0.5) is 0 Å². The van der Waals surface area contributed by atoms with Crippen molar-refractivity contribution in [2.24, 2.45) is 0 Å². The molecule has 6 nitrogen and oxygen atoms in total. The number of para-hydroxylation sites is 1. The van der Waals surface area contributed by atoms with Crippen LogP contribution >= 0.6 is 11.3 Å². The van der Waals surface area contributed by atoms with Gasteiger partial charge in [0.15, 0.2) is 6.61 Å². The van der Waals surface area contributed by atoms with E-state index in [-0.39, 0.29) is 24.9 Å². The highest BCUT2D eigenvalue weighted by molar-refractivity contribution is 7.10. The Labute approximate surface area is 166 Å². The molecule has 0 spiro atoms.